The standard InChI is InChI=1S/C25H18F3N3O3S/c1-15-5-2-3-6-16(15)14-31-23(33)22(35-24(31)34)12-17-11-20(9-10-21(17)32)30-29-19-8-4-7-18(13-19)25(26,27)28/h2-13,32H,14H2,1H3/b22-12-,30-29?. The maximum atomic E-state index is 12.9. The number of hydrogen-bond acceptors (Lipinski definition) is 6. The van der Waals surface area contributed by atoms with Crippen LogP contribution in [0.4, 0.5) is 29.3 Å². The van der Waals surface area contributed by atoms with Crippen molar-refractivity contribution in [1.29, 1.82) is 0 Å². The van der Waals surface area contributed by atoms with Crippen molar-refractivity contribution in [3.8, 4) is 5.75 Å². The van der Waals surface area contributed by atoms with E-state index in [9.17, 15) is 27.9 Å². The molecule has 6 nitrogen and oxygen atoms in total. The molecule has 0 saturated carbocycles. The highest BCUT2D eigenvalue weighted by atomic mass is 32.2. The van der Waals surface area contributed by atoms with Gasteiger partial charge in [0.1, 0.15) is 5.75 Å². The highest BCUT2D eigenvalue weighted by Crippen LogP contribution is 2.36. The van der Waals surface area contributed by atoms with Gasteiger partial charge in [0.15, 0.2) is 0 Å². The van der Waals surface area contributed by atoms with E-state index in [0.29, 0.717) is 0 Å². The molecule has 0 spiro atoms. The van der Waals surface area contributed by atoms with Crippen molar-refractivity contribution in [3.63, 3.8) is 0 Å². The Bertz CT molecular complexity index is 1370. The second kappa shape index (κ2) is 9.75. The summed E-state index contributed by atoms with van der Waals surface area (Å²) in [5.41, 5.74) is 1.41. The summed E-state index contributed by atoms with van der Waals surface area (Å²) in [6.45, 7) is 2.02. The Morgan fingerprint density at radius 1 is 0.971 bits per heavy atom. The molecular weight excluding hydrogens is 479 g/mol. The van der Waals surface area contributed by atoms with Gasteiger partial charge < -0.3 is 5.11 Å². The number of phenolic OH excluding ortho intramolecular Hbond substituents is 1. The number of benzene rings is 3. The van der Waals surface area contributed by atoms with Crippen LogP contribution < -0.4 is 0 Å². The van der Waals surface area contributed by atoms with E-state index in [1.54, 1.807) is 0 Å². The molecule has 1 saturated heterocycles. The first-order valence-corrected chi connectivity index (χ1v) is 11.2. The van der Waals surface area contributed by atoms with E-state index in [2.05, 4.69) is 10.2 Å². The van der Waals surface area contributed by atoms with Gasteiger partial charge in [-0.3, -0.25) is 14.5 Å². The van der Waals surface area contributed by atoms with Gasteiger partial charge in [0.25, 0.3) is 11.1 Å². The average Bonchev–Trinajstić information content (AvgIpc) is 3.08. The number of rotatable bonds is 5. The van der Waals surface area contributed by atoms with Crippen LogP contribution >= 0.6 is 11.8 Å². The zero-order valence-electron chi connectivity index (χ0n) is 18.3. The zero-order valence-corrected chi connectivity index (χ0v) is 19.1. The molecule has 1 N–H and O–H groups in total. The van der Waals surface area contributed by atoms with Gasteiger partial charge in [0.2, 0.25) is 0 Å². The number of halogens is 3. The molecular formula is C25H18F3N3O3S. The van der Waals surface area contributed by atoms with E-state index in [-0.39, 0.29) is 34.1 Å². The van der Waals surface area contributed by atoms with E-state index in [1.165, 1.54) is 36.4 Å². The van der Waals surface area contributed by atoms with Gasteiger partial charge in [0, 0.05) is 5.56 Å². The summed E-state index contributed by atoms with van der Waals surface area (Å²) in [5.74, 6) is -0.646. The molecule has 10 heteroatoms. The van der Waals surface area contributed by atoms with Crippen LogP contribution in [0.5, 0.6) is 5.75 Å². The summed E-state index contributed by atoms with van der Waals surface area (Å²) >= 11 is 0.757. The Balaban J connectivity index is 1.56. The van der Waals surface area contributed by atoms with Gasteiger partial charge in [0.05, 0.1) is 28.4 Å². The fourth-order valence-corrected chi connectivity index (χ4v) is 4.14. The highest BCUT2D eigenvalue weighted by Gasteiger charge is 2.35. The van der Waals surface area contributed by atoms with Crippen molar-refractivity contribution in [2.24, 2.45) is 10.2 Å². The largest absolute Gasteiger partial charge is 0.507 e. The molecule has 178 valence electrons. The lowest BCUT2D eigenvalue weighted by atomic mass is 10.1. The topological polar surface area (TPSA) is 82.3 Å². The van der Waals surface area contributed by atoms with Crippen LogP contribution in [-0.4, -0.2) is 21.2 Å². The molecule has 0 unspecified atom stereocenters. The number of thioether (sulfide) groups is 1. The average molecular weight is 497 g/mol. The number of amides is 2. The molecule has 0 aromatic heterocycles. The Labute approximate surface area is 202 Å². The predicted molar refractivity (Wildman–Crippen MR) is 126 cm³/mol. The molecule has 3 aromatic carbocycles. The molecule has 1 fully saturated rings. The summed E-state index contributed by atoms with van der Waals surface area (Å²) in [7, 11) is 0. The Morgan fingerprint density at radius 3 is 2.40 bits per heavy atom. The molecule has 1 aliphatic rings. The number of aryl methyl sites for hydroxylation is 1. The number of imide groups is 1. The lowest BCUT2D eigenvalue weighted by Gasteiger charge is -2.14. The maximum absolute atomic E-state index is 12.9. The monoisotopic (exact) mass is 497 g/mol. The third-order valence-electron chi connectivity index (χ3n) is 5.22. The molecule has 35 heavy (non-hydrogen) atoms. The SMILES string of the molecule is Cc1ccccc1CN1C(=O)S/C(=C\c2cc(N=Nc3cccc(C(F)(F)F)c3)ccc2O)C1=O. The second-order valence-electron chi connectivity index (χ2n) is 7.69. The number of hydrogen-bond donors (Lipinski definition) is 1. The Morgan fingerprint density at radius 2 is 1.69 bits per heavy atom. The number of nitrogens with zero attached hydrogens (tertiary/aromatic N) is 3. The molecule has 0 bridgehead atoms. The minimum atomic E-state index is -4.50. The van der Waals surface area contributed by atoms with Crippen LogP contribution in [0.2, 0.25) is 0 Å². The number of phenols is 1. The zero-order chi connectivity index (χ0) is 25.2. The van der Waals surface area contributed by atoms with Crippen LogP contribution in [0, 0.1) is 6.92 Å². The van der Waals surface area contributed by atoms with Gasteiger partial charge in [-0.2, -0.15) is 23.4 Å². The fraction of sp³-hybridized carbons (Fsp3) is 0.120. The van der Waals surface area contributed by atoms with Crippen LogP contribution in [0.15, 0.2) is 81.9 Å². The summed E-state index contributed by atoms with van der Waals surface area (Å²) in [6.07, 6.45) is -3.12. The first-order chi connectivity index (χ1) is 16.6. The van der Waals surface area contributed by atoms with Crippen molar-refractivity contribution in [1.82, 2.24) is 4.90 Å². The van der Waals surface area contributed by atoms with Crippen molar-refractivity contribution in [3.05, 3.63) is 93.9 Å². The summed E-state index contributed by atoms with van der Waals surface area (Å²) in [5, 5.41) is 17.6. The number of carbonyl (C=O) groups excluding carboxylic acids is 2. The smallest absolute Gasteiger partial charge is 0.416 e. The molecule has 2 amide bonds. The highest BCUT2D eigenvalue weighted by molar-refractivity contribution is 8.18. The van der Waals surface area contributed by atoms with Crippen LogP contribution in [0.3, 0.4) is 0 Å². The van der Waals surface area contributed by atoms with Gasteiger partial charge >= 0.3 is 6.18 Å². The lowest BCUT2D eigenvalue weighted by molar-refractivity contribution is -0.137. The Kier molecular flexibility index (Phi) is 6.74. The molecule has 0 radical (unpaired) electrons. The van der Waals surface area contributed by atoms with E-state index >= 15 is 0 Å². The maximum Gasteiger partial charge on any atom is 0.416 e. The first kappa shape index (κ1) is 24.2. The van der Waals surface area contributed by atoms with E-state index < -0.39 is 22.9 Å². The molecule has 0 atom stereocenters. The van der Waals surface area contributed by atoms with Crippen LogP contribution in [0.1, 0.15) is 22.3 Å². The van der Waals surface area contributed by atoms with Crippen molar-refractivity contribution in [2.45, 2.75) is 19.6 Å². The molecule has 0 aliphatic carbocycles. The molecule has 1 aliphatic heterocycles. The summed E-state index contributed by atoms with van der Waals surface area (Å²) in [4.78, 5) is 26.6. The number of aromatic hydroxyl groups is 1. The third kappa shape index (κ3) is 5.60. The van der Waals surface area contributed by atoms with Crippen molar-refractivity contribution >= 4 is 40.4 Å². The van der Waals surface area contributed by atoms with Gasteiger partial charge in [-0.1, -0.05) is 30.3 Å². The summed E-state index contributed by atoms with van der Waals surface area (Å²) in [6, 6.07) is 16.0. The molecule has 1 heterocycles. The van der Waals surface area contributed by atoms with E-state index in [1.807, 2.05) is 31.2 Å². The fourth-order valence-electron chi connectivity index (χ4n) is 3.32. The Hall–Kier alpha value is -3.92. The number of alkyl halides is 3. The van der Waals surface area contributed by atoms with Crippen molar-refractivity contribution < 1.29 is 27.9 Å². The molecule has 4 rings (SSSR count). The normalized spacial score (nSPS) is 15.5. The second-order valence-corrected chi connectivity index (χ2v) is 8.68. The van der Waals surface area contributed by atoms with Gasteiger partial charge in [-0.05, 0) is 72.3 Å². The number of azo groups is 1. The number of carbonyl (C=O) groups is 2. The van der Waals surface area contributed by atoms with Gasteiger partial charge in [-0.15, -0.1) is 0 Å². The first-order valence-electron chi connectivity index (χ1n) is 10.3. The summed E-state index contributed by atoms with van der Waals surface area (Å²) < 4.78 is 38.7. The van der Waals surface area contributed by atoms with Crippen LogP contribution in [-0.2, 0) is 17.5 Å². The quantitative estimate of drug-likeness (QED) is 0.295. The molecule has 3 aromatic rings. The van der Waals surface area contributed by atoms with E-state index in [4.69, 9.17) is 0 Å². The minimum absolute atomic E-state index is 0.00627. The predicted octanol–water partition coefficient (Wildman–Crippen LogP) is 7.37. The van der Waals surface area contributed by atoms with Gasteiger partial charge in [-0.25, -0.2) is 0 Å². The van der Waals surface area contributed by atoms with Crippen molar-refractivity contribution in [2.75, 3.05) is 0 Å². The van der Waals surface area contributed by atoms with Crippen LogP contribution in [0.25, 0.3) is 6.08 Å². The lowest BCUT2D eigenvalue weighted by Crippen LogP contribution is -2.27. The third-order valence-corrected chi connectivity index (χ3v) is 6.12. The minimum Gasteiger partial charge on any atom is -0.507 e. The van der Waals surface area contributed by atoms with E-state index in [0.717, 1.165) is 39.9 Å².